The monoisotopic (exact) mass is 332 g/mol. The Kier molecular flexibility index (Phi) is 3.39. The van der Waals surface area contributed by atoms with Crippen LogP contribution < -0.4 is 10.3 Å². The van der Waals surface area contributed by atoms with Crippen molar-refractivity contribution >= 4 is 28.9 Å². The van der Waals surface area contributed by atoms with Gasteiger partial charge in [0.05, 0.1) is 5.69 Å². The number of nitrogens with zero attached hydrogens (tertiary/aromatic N) is 3. The van der Waals surface area contributed by atoms with Gasteiger partial charge in [-0.1, -0.05) is 30.3 Å². The molecule has 4 rings (SSSR count). The molecule has 6 nitrogen and oxygen atoms in total. The van der Waals surface area contributed by atoms with Gasteiger partial charge >= 0.3 is 0 Å². The SMILES string of the molecule is CC1=NC(=O)C(=C2Nc3ccccc3C2=O)N(C)N1c1ccccc1. The van der Waals surface area contributed by atoms with Gasteiger partial charge in [0.15, 0.2) is 5.70 Å². The molecule has 2 aliphatic rings. The number of hydrazine groups is 1. The standard InChI is InChI=1S/C19H16N4O2/c1-12-20-19(25)17(22(2)23(12)13-8-4-3-5-9-13)16-18(24)14-10-6-7-11-15(14)21-16/h3-11,21H,1-2H3. The first-order valence-corrected chi connectivity index (χ1v) is 7.91. The first-order chi connectivity index (χ1) is 12.1. The van der Waals surface area contributed by atoms with Crippen LogP contribution in [0.1, 0.15) is 17.3 Å². The van der Waals surface area contributed by atoms with E-state index in [1.807, 2.05) is 47.5 Å². The number of para-hydroxylation sites is 2. The van der Waals surface area contributed by atoms with Crippen LogP contribution >= 0.6 is 0 Å². The highest BCUT2D eigenvalue weighted by atomic mass is 16.2. The summed E-state index contributed by atoms with van der Waals surface area (Å²) in [5, 5.41) is 6.55. The van der Waals surface area contributed by atoms with Crippen molar-refractivity contribution in [1.29, 1.82) is 0 Å². The molecule has 0 atom stereocenters. The molecule has 1 amide bonds. The quantitative estimate of drug-likeness (QED) is 0.814. The Morgan fingerprint density at radius 1 is 0.960 bits per heavy atom. The number of carbonyl (C=O) groups is 2. The molecule has 0 radical (unpaired) electrons. The van der Waals surface area contributed by atoms with E-state index >= 15 is 0 Å². The molecular formula is C19H16N4O2. The van der Waals surface area contributed by atoms with Gasteiger partial charge in [0, 0.05) is 18.3 Å². The molecule has 1 N–H and O–H groups in total. The van der Waals surface area contributed by atoms with Crippen LogP contribution in [0.25, 0.3) is 0 Å². The average Bonchev–Trinajstić information content (AvgIpc) is 2.92. The number of allylic oxidation sites excluding steroid dienone is 1. The number of fused-ring (bicyclic) bond motifs is 1. The molecule has 2 heterocycles. The van der Waals surface area contributed by atoms with E-state index in [-0.39, 0.29) is 17.2 Å². The normalized spacial score (nSPS) is 19.7. The molecule has 0 aliphatic carbocycles. The van der Waals surface area contributed by atoms with Crippen molar-refractivity contribution in [3.8, 4) is 0 Å². The number of benzene rings is 2. The molecule has 0 fully saturated rings. The minimum atomic E-state index is -0.434. The van der Waals surface area contributed by atoms with Crippen LogP contribution in [-0.2, 0) is 4.79 Å². The number of rotatable bonds is 1. The summed E-state index contributed by atoms with van der Waals surface area (Å²) in [6, 6.07) is 16.8. The van der Waals surface area contributed by atoms with Gasteiger partial charge in [-0.3, -0.25) is 14.6 Å². The van der Waals surface area contributed by atoms with Gasteiger partial charge < -0.3 is 5.32 Å². The molecule has 0 saturated carbocycles. The van der Waals surface area contributed by atoms with Crippen LogP contribution in [0.3, 0.4) is 0 Å². The van der Waals surface area contributed by atoms with E-state index in [1.54, 1.807) is 31.1 Å². The van der Waals surface area contributed by atoms with E-state index in [1.165, 1.54) is 0 Å². The van der Waals surface area contributed by atoms with Gasteiger partial charge in [0.1, 0.15) is 11.5 Å². The molecule has 0 aromatic heterocycles. The van der Waals surface area contributed by atoms with E-state index in [0.717, 1.165) is 5.69 Å². The van der Waals surface area contributed by atoms with Gasteiger partial charge in [0.2, 0.25) is 5.78 Å². The van der Waals surface area contributed by atoms with E-state index in [4.69, 9.17) is 0 Å². The third-order valence-corrected chi connectivity index (χ3v) is 4.29. The lowest BCUT2D eigenvalue weighted by Gasteiger charge is -2.38. The largest absolute Gasteiger partial charge is 0.350 e. The second kappa shape index (κ2) is 5.59. The fraction of sp³-hybridized carbons (Fsp3) is 0.105. The molecular weight excluding hydrogens is 316 g/mol. The Labute approximate surface area is 145 Å². The molecule has 0 spiro atoms. The van der Waals surface area contributed by atoms with Crippen molar-refractivity contribution in [2.45, 2.75) is 6.92 Å². The number of amides is 1. The second-order valence-electron chi connectivity index (χ2n) is 5.86. The third kappa shape index (κ3) is 2.30. The summed E-state index contributed by atoms with van der Waals surface area (Å²) in [4.78, 5) is 29.4. The Morgan fingerprint density at radius 3 is 2.36 bits per heavy atom. The summed E-state index contributed by atoms with van der Waals surface area (Å²) in [5.41, 5.74) is 2.61. The van der Waals surface area contributed by atoms with E-state index in [9.17, 15) is 9.59 Å². The molecule has 2 aromatic carbocycles. The van der Waals surface area contributed by atoms with Gasteiger partial charge in [0.25, 0.3) is 5.91 Å². The maximum atomic E-state index is 12.7. The number of ketones is 1. The molecule has 124 valence electrons. The lowest BCUT2D eigenvalue weighted by molar-refractivity contribution is -0.116. The maximum Gasteiger partial charge on any atom is 0.299 e. The second-order valence-corrected chi connectivity index (χ2v) is 5.86. The first kappa shape index (κ1) is 15.1. The number of likely N-dealkylation sites (N-methyl/N-ethyl adjacent to an activating group) is 1. The number of anilines is 2. The Morgan fingerprint density at radius 2 is 1.64 bits per heavy atom. The van der Waals surface area contributed by atoms with E-state index in [2.05, 4.69) is 10.3 Å². The van der Waals surface area contributed by atoms with Crippen LogP contribution in [0.4, 0.5) is 11.4 Å². The maximum absolute atomic E-state index is 12.7. The molecule has 6 heteroatoms. The van der Waals surface area contributed by atoms with Crippen molar-refractivity contribution in [1.82, 2.24) is 5.01 Å². The van der Waals surface area contributed by atoms with Crippen LogP contribution in [0.2, 0.25) is 0 Å². The first-order valence-electron chi connectivity index (χ1n) is 7.91. The summed E-state index contributed by atoms with van der Waals surface area (Å²) in [7, 11) is 1.75. The summed E-state index contributed by atoms with van der Waals surface area (Å²) in [6.45, 7) is 1.77. The summed E-state index contributed by atoms with van der Waals surface area (Å²) in [5.74, 6) is -0.0876. The van der Waals surface area contributed by atoms with Crippen molar-refractivity contribution < 1.29 is 9.59 Å². The Hall–Kier alpha value is -3.41. The summed E-state index contributed by atoms with van der Waals surface area (Å²) < 4.78 is 0. The molecule has 0 unspecified atom stereocenters. The minimum Gasteiger partial charge on any atom is -0.350 e. The predicted octanol–water partition coefficient (Wildman–Crippen LogP) is 2.82. The highest BCUT2D eigenvalue weighted by Gasteiger charge is 2.36. The number of amidine groups is 1. The van der Waals surface area contributed by atoms with Gasteiger partial charge in [-0.2, -0.15) is 4.99 Å². The molecule has 0 saturated heterocycles. The molecule has 2 aliphatic heterocycles. The zero-order valence-electron chi connectivity index (χ0n) is 13.9. The Balaban J connectivity index is 1.84. The Bertz CT molecular complexity index is 947. The topological polar surface area (TPSA) is 65.0 Å². The predicted molar refractivity (Wildman–Crippen MR) is 96.2 cm³/mol. The minimum absolute atomic E-state index is 0.200. The molecule has 2 aromatic rings. The van der Waals surface area contributed by atoms with Crippen molar-refractivity contribution in [2.24, 2.45) is 4.99 Å². The van der Waals surface area contributed by atoms with Crippen LogP contribution in [0, 0.1) is 0 Å². The number of Topliss-reactive ketones (excluding diaryl/α,β-unsaturated/α-hetero) is 1. The highest BCUT2D eigenvalue weighted by molar-refractivity contribution is 6.23. The van der Waals surface area contributed by atoms with E-state index in [0.29, 0.717) is 17.1 Å². The fourth-order valence-corrected chi connectivity index (χ4v) is 3.18. The number of carbonyl (C=O) groups excluding carboxylic acids is 2. The molecule has 25 heavy (non-hydrogen) atoms. The lowest BCUT2D eigenvalue weighted by Crippen LogP contribution is -2.49. The summed E-state index contributed by atoms with van der Waals surface area (Å²) >= 11 is 0. The zero-order valence-corrected chi connectivity index (χ0v) is 13.9. The van der Waals surface area contributed by atoms with E-state index < -0.39 is 5.91 Å². The number of aliphatic imine (C=N–C) groups is 1. The van der Waals surface area contributed by atoms with Gasteiger partial charge in [-0.15, -0.1) is 0 Å². The van der Waals surface area contributed by atoms with Crippen molar-refractivity contribution in [3.05, 3.63) is 71.6 Å². The zero-order chi connectivity index (χ0) is 17.6. The number of nitrogens with one attached hydrogen (secondary N) is 1. The average molecular weight is 332 g/mol. The summed E-state index contributed by atoms with van der Waals surface area (Å²) in [6.07, 6.45) is 0. The lowest BCUT2D eigenvalue weighted by atomic mass is 10.1. The number of hydrogen-bond donors (Lipinski definition) is 1. The third-order valence-electron chi connectivity index (χ3n) is 4.29. The van der Waals surface area contributed by atoms with Gasteiger partial charge in [-0.25, -0.2) is 5.01 Å². The smallest absolute Gasteiger partial charge is 0.299 e. The van der Waals surface area contributed by atoms with Crippen LogP contribution in [0.15, 0.2) is 71.0 Å². The number of hydrogen-bond acceptors (Lipinski definition) is 5. The van der Waals surface area contributed by atoms with Gasteiger partial charge in [-0.05, 0) is 31.2 Å². The highest BCUT2D eigenvalue weighted by Crippen LogP contribution is 2.32. The van der Waals surface area contributed by atoms with Crippen molar-refractivity contribution in [2.75, 3.05) is 17.4 Å². The molecule has 0 bridgehead atoms. The van der Waals surface area contributed by atoms with Crippen molar-refractivity contribution in [3.63, 3.8) is 0 Å². The van der Waals surface area contributed by atoms with Crippen LogP contribution in [0.5, 0.6) is 0 Å². The van der Waals surface area contributed by atoms with Crippen LogP contribution in [-0.4, -0.2) is 29.6 Å². The fourth-order valence-electron chi connectivity index (χ4n) is 3.18.